The lowest BCUT2D eigenvalue weighted by molar-refractivity contribution is -0.120. The summed E-state index contributed by atoms with van der Waals surface area (Å²) in [7, 11) is 3.61. The Bertz CT molecular complexity index is 795. The minimum absolute atomic E-state index is 0.0624. The number of amides is 1. The van der Waals surface area contributed by atoms with E-state index in [2.05, 4.69) is 46.6 Å². The van der Waals surface area contributed by atoms with E-state index in [0.717, 1.165) is 37.6 Å². The molecule has 0 unspecified atom stereocenters. The molecule has 0 spiro atoms. The fraction of sp³-hybridized carbons (Fsp3) is 0.450. The number of rotatable bonds is 5. The fourth-order valence-electron chi connectivity index (χ4n) is 3.27. The molecule has 0 radical (unpaired) electrons. The molecular formula is C20H28N6O. The zero-order chi connectivity index (χ0) is 19.2. The van der Waals surface area contributed by atoms with Gasteiger partial charge in [0.05, 0.1) is 11.9 Å². The maximum atomic E-state index is 12.6. The van der Waals surface area contributed by atoms with E-state index in [1.165, 1.54) is 11.1 Å². The zero-order valence-corrected chi connectivity index (χ0v) is 16.4. The van der Waals surface area contributed by atoms with Crippen molar-refractivity contribution in [1.29, 1.82) is 0 Å². The minimum Gasteiger partial charge on any atom is -0.356 e. The van der Waals surface area contributed by atoms with Crippen molar-refractivity contribution < 1.29 is 4.79 Å². The summed E-state index contributed by atoms with van der Waals surface area (Å²) in [6.07, 6.45) is 5.58. The first-order valence-electron chi connectivity index (χ1n) is 9.43. The molecule has 7 nitrogen and oxygen atoms in total. The summed E-state index contributed by atoms with van der Waals surface area (Å²) < 4.78 is 1.71. The number of nitrogens with zero attached hydrogens (tertiary/aromatic N) is 5. The summed E-state index contributed by atoms with van der Waals surface area (Å²) in [6.45, 7) is 4.64. The largest absolute Gasteiger partial charge is 0.356 e. The van der Waals surface area contributed by atoms with Gasteiger partial charge in [0.25, 0.3) is 0 Å². The highest BCUT2D eigenvalue weighted by molar-refractivity contribution is 5.98. The molecule has 1 saturated heterocycles. The van der Waals surface area contributed by atoms with E-state index in [9.17, 15) is 4.79 Å². The predicted octanol–water partition coefficient (Wildman–Crippen LogP) is 1.45. The lowest BCUT2D eigenvalue weighted by atomic mass is 10.1. The third-order valence-electron chi connectivity index (χ3n) is 4.86. The number of aryl methyl sites for hydroxylation is 2. The van der Waals surface area contributed by atoms with Crippen molar-refractivity contribution in [2.24, 2.45) is 12.0 Å². The molecule has 144 valence electrons. The van der Waals surface area contributed by atoms with Crippen molar-refractivity contribution in [2.75, 3.05) is 38.1 Å². The first-order chi connectivity index (χ1) is 13.1. The standard InChI is InChI=1S/C20H28N6O/c1-4-16-5-7-17(8-6-16)9-10-22-20(21-2)25-11-12-26(19(27)15-25)18-13-23-24(3)14-18/h5-8,13-14H,4,9-12,15H2,1-3H3,(H,21,22). The van der Waals surface area contributed by atoms with Gasteiger partial charge in [0.15, 0.2) is 5.96 Å². The van der Waals surface area contributed by atoms with E-state index in [1.54, 1.807) is 22.8 Å². The number of aromatic nitrogens is 2. The third-order valence-corrected chi connectivity index (χ3v) is 4.86. The normalized spacial score (nSPS) is 15.4. The predicted molar refractivity (Wildman–Crippen MR) is 108 cm³/mol. The van der Waals surface area contributed by atoms with Gasteiger partial charge in [0, 0.05) is 39.9 Å². The number of aliphatic imine (C=N–C) groups is 1. The van der Waals surface area contributed by atoms with Gasteiger partial charge in [0.1, 0.15) is 6.54 Å². The molecule has 1 aromatic heterocycles. The number of anilines is 1. The first kappa shape index (κ1) is 18.9. The number of nitrogens with one attached hydrogen (secondary N) is 1. The highest BCUT2D eigenvalue weighted by Gasteiger charge is 2.27. The Morgan fingerprint density at radius 1 is 1.22 bits per heavy atom. The molecule has 0 atom stereocenters. The fourth-order valence-corrected chi connectivity index (χ4v) is 3.27. The van der Waals surface area contributed by atoms with Gasteiger partial charge in [-0.15, -0.1) is 0 Å². The number of carbonyl (C=O) groups excluding carboxylic acids is 1. The molecule has 1 N–H and O–H groups in total. The van der Waals surface area contributed by atoms with Crippen LogP contribution in [0.2, 0.25) is 0 Å². The van der Waals surface area contributed by atoms with Gasteiger partial charge in [-0.2, -0.15) is 5.10 Å². The Morgan fingerprint density at radius 3 is 2.56 bits per heavy atom. The number of carbonyl (C=O) groups is 1. The highest BCUT2D eigenvalue weighted by atomic mass is 16.2. The van der Waals surface area contributed by atoms with Gasteiger partial charge >= 0.3 is 0 Å². The Balaban J connectivity index is 1.51. The maximum Gasteiger partial charge on any atom is 0.246 e. The molecule has 2 heterocycles. The molecule has 2 aromatic rings. The smallest absolute Gasteiger partial charge is 0.246 e. The molecule has 1 fully saturated rings. The van der Waals surface area contributed by atoms with Gasteiger partial charge in [-0.25, -0.2) is 0 Å². The average molecular weight is 368 g/mol. The molecule has 1 aliphatic rings. The lowest BCUT2D eigenvalue weighted by Crippen LogP contribution is -2.55. The zero-order valence-electron chi connectivity index (χ0n) is 16.4. The number of piperazine rings is 1. The Labute approximate surface area is 160 Å². The summed E-state index contributed by atoms with van der Waals surface area (Å²) in [5, 5.41) is 7.53. The van der Waals surface area contributed by atoms with Crippen LogP contribution in [0.5, 0.6) is 0 Å². The van der Waals surface area contributed by atoms with Crippen LogP contribution in [0, 0.1) is 0 Å². The van der Waals surface area contributed by atoms with Crippen LogP contribution in [-0.4, -0.2) is 59.8 Å². The van der Waals surface area contributed by atoms with Gasteiger partial charge in [-0.3, -0.25) is 14.5 Å². The van der Waals surface area contributed by atoms with Crippen LogP contribution < -0.4 is 10.2 Å². The summed E-state index contributed by atoms with van der Waals surface area (Å²) in [4.78, 5) is 20.7. The van der Waals surface area contributed by atoms with E-state index in [-0.39, 0.29) is 5.91 Å². The Kier molecular flexibility index (Phi) is 6.11. The second-order valence-corrected chi connectivity index (χ2v) is 6.73. The molecule has 1 amide bonds. The van der Waals surface area contributed by atoms with Crippen LogP contribution in [0.3, 0.4) is 0 Å². The molecule has 3 rings (SSSR count). The van der Waals surface area contributed by atoms with E-state index in [1.807, 2.05) is 18.1 Å². The number of hydrogen-bond donors (Lipinski definition) is 1. The summed E-state index contributed by atoms with van der Waals surface area (Å²) >= 11 is 0. The van der Waals surface area contributed by atoms with Crippen molar-refractivity contribution >= 4 is 17.6 Å². The minimum atomic E-state index is 0.0624. The van der Waals surface area contributed by atoms with E-state index in [0.29, 0.717) is 13.1 Å². The molecule has 0 saturated carbocycles. The van der Waals surface area contributed by atoms with Gasteiger partial charge in [-0.05, 0) is 24.0 Å². The summed E-state index contributed by atoms with van der Waals surface area (Å²) in [5.74, 6) is 0.840. The third kappa shape index (κ3) is 4.67. The Morgan fingerprint density at radius 2 is 1.96 bits per heavy atom. The SMILES string of the molecule is CCc1ccc(CCNC(=NC)N2CCN(c3cnn(C)c3)C(=O)C2)cc1. The van der Waals surface area contributed by atoms with Crippen LogP contribution in [0.4, 0.5) is 5.69 Å². The van der Waals surface area contributed by atoms with Crippen LogP contribution in [0.25, 0.3) is 0 Å². The maximum absolute atomic E-state index is 12.6. The Hall–Kier alpha value is -2.83. The van der Waals surface area contributed by atoms with E-state index in [4.69, 9.17) is 0 Å². The van der Waals surface area contributed by atoms with Crippen molar-refractivity contribution in [3.8, 4) is 0 Å². The van der Waals surface area contributed by atoms with Crippen molar-refractivity contribution in [1.82, 2.24) is 20.0 Å². The highest BCUT2D eigenvalue weighted by Crippen LogP contribution is 2.16. The van der Waals surface area contributed by atoms with Crippen molar-refractivity contribution in [2.45, 2.75) is 19.8 Å². The average Bonchev–Trinajstić information content (AvgIpc) is 3.11. The van der Waals surface area contributed by atoms with E-state index >= 15 is 0 Å². The van der Waals surface area contributed by atoms with Crippen LogP contribution in [0.1, 0.15) is 18.1 Å². The monoisotopic (exact) mass is 368 g/mol. The van der Waals surface area contributed by atoms with Crippen LogP contribution >= 0.6 is 0 Å². The molecule has 7 heteroatoms. The van der Waals surface area contributed by atoms with E-state index < -0.39 is 0 Å². The molecule has 1 aliphatic heterocycles. The molecule has 1 aromatic carbocycles. The van der Waals surface area contributed by atoms with Crippen LogP contribution in [0.15, 0.2) is 41.7 Å². The lowest BCUT2D eigenvalue weighted by Gasteiger charge is -2.35. The topological polar surface area (TPSA) is 65.8 Å². The molecule has 27 heavy (non-hydrogen) atoms. The number of guanidine groups is 1. The number of hydrogen-bond acceptors (Lipinski definition) is 3. The van der Waals surface area contributed by atoms with Gasteiger partial charge < -0.3 is 15.1 Å². The molecular weight excluding hydrogens is 340 g/mol. The molecule has 0 bridgehead atoms. The summed E-state index contributed by atoms with van der Waals surface area (Å²) in [5.41, 5.74) is 3.50. The van der Waals surface area contributed by atoms with Crippen LogP contribution in [-0.2, 0) is 24.7 Å². The van der Waals surface area contributed by atoms with Gasteiger partial charge in [0.2, 0.25) is 5.91 Å². The molecule has 0 aliphatic carbocycles. The second kappa shape index (κ2) is 8.70. The summed E-state index contributed by atoms with van der Waals surface area (Å²) in [6, 6.07) is 8.72. The van der Waals surface area contributed by atoms with Crippen molar-refractivity contribution in [3.63, 3.8) is 0 Å². The first-order valence-corrected chi connectivity index (χ1v) is 9.43. The number of benzene rings is 1. The second-order valence-electron chi connectivity index (χ2n) is 6.73. The quantitative estimate of drug-likeness (QED) is 0.641. The van der Waals surface area contributed by atoms with Crippen molar-refractivity contribution in [3.05, 3.63) is 47.8 Å². The van der Waals surface area contributed by atoms with Gasteiger partial charge in [-0.1, -0.05) is 31.2 Å².